The van der Waals surface area contributed by atoms with Gasteiger partial charge in [0.05, 0.1) is 4.47 Å². The molecule has 0 aromatic carbocycles. The van der Waals surface area contributed by atoms with Crippen molar-refractivity contribution in [2.24, 2.45) is 0 Å². The fourth-order valence-corrected chi connectivity index (χ4v) is 1.08. The Morgan fingerprint density at radius 2 is 2.27 bits per heavy atom. The van der Waals surface area contributed by atoms with Gasteiger partial charge in [-0.05, 0) is 35.0 Å². The van der Waals surface area contributed by atoms with Gasteiger partial charge >= 0.3 is 5.97 Å². The molecule has 0 saturated carbocycles. The van der Waals surface area contributed by atoms with Gasteiger partial charge in [0.2, 0.25) is 0 Å². The molecule has 1 aromatic rings. The highest BCUT2D eigenvalue weighted by Crippen LogP contribution is 2.14. The summed E-state index contributed by atoms with van der Waals surface area (Å²) in [5.74, 6) is -1.01. The lowest BCUT2D eigenvalue weighted by atomic mass is 10.3. The average Bonchev–Trinajstić information content (AvgIpc) is 1.94. The number of carbonyl (C=O) groups is 1. The van der Waals surface area contributed by atoms with Gasteiger partial charge < -0.3 is 5.11 Å². The predicted molar refractivity (Wildman–Crippen MR) is 43.6 cm³/mol. The van der Waals surface area contributed by atoms with E-state index in [9.17, 15) is 4.79 Å². The molecular weight excluding hydrogens is 210 g/mol. The summed E-state index contributed by atoms with van der Waals surface area (Å²) >= 11 is 3.09. The number of carboxylic acids is 1. The summed E-state index contributed by atoms with van der Waals surface area (Å²) in [5, 5.41) is 8.60. The van der Waals surface area contributed by atoms with Gasteiger partial charge in [-0.25, -0.2) is 9.78 Å². The highest BCUT2D eigenvalue weighted by atomic mass is 79.9. The van der Waals surface area contributed by atoms with E-state index >= 15 is 0 Å². The highest BCUT2D eigenvalue weighted by molar-refractivity contribution is 9.10. The molecule has 3 nitrogen and oxygen atoms in total. The Balaban J connectivity index is 3.23. The molecule has 0 aliphatic heterocycles. The number of halogens is 1. The summed E-state index contributed by atoms with van der Waals surface area (Å²) in [4.78, 5) is 14.3. The first-order valence-electron chi connectivity index (χ1n) is 2.97. The Morgan fingerprint density at radius 3 is 2.73 bits per heavy atom. The minimum atomic E-state index is -1.01. The molecule has 4 heteroatoms. The van der Waals surface area contributed by atoms with E-state index in [4.69, 9.17) is 5.11 Å². The van der Waals surface area contributed by atoms with E-state index in [2.05, 4.69) is 20.9 Å². The quantitative estimate of drug-likeness (QED) is 0.779. The zero-order chi connectivity index (χ0) is 8.43. The maximum atomic E-state index is 10.5. The molecule has 0 spiro atoms. The van der Waals surface area contributed by atoms with Crippen molar-refractivity contribution in [3.63, 3.8) is 0 Å². The molecule has 0 unspecified atom stereocenters. The molecule has 0 bridgehead atoms. The summed E-state index contributed by atoms with van der Waals surface area (Å²) in [5.41, 5.74) is 0.760. The number of pyridine rings is 1. The third-order valence-electron chi connectivity index (χ3n) is 1.19. The maximum Gasteiger partial charge on any atom is 0.355 e. The molecule has 0 radical (unpaired) electrons. The number of hydrogen-bond donors (Lipinski definition) is 1. The minimum absolute atomic E-state index is 0.0602. The number of rotatable bonds is 1. The van der Waals surface area contributed by atoms with Gasteiger partial charge in [0.1, 0.15) is 0 Å². The van der Waals surface area contributed by atoms with Crippen LogP contribution in [0.15, 0.2) is 16.6 Å². The molecule has 11 heavy (non-hydrogen) atoms. The van der Waals surface area contributed by atoms with Gasteiger partial charge in [0.15, 0.2) is 5.69 Å². The van der Waals surface area contributed by atoms with Crippen LogP contribution in [0.1, 0.15) is 16.2 Å². The fourth-order valence-electron chi connectivity index (χ4n) is 0.690. The molecule has 1 N–H and O–H groups in total. The number of nitrogens with zero attached hydrogens (tertiary/aromatic N) is 1. The zero-order valence-electron chi connectivity index (χ0n) is 5.84. The lowest BCUT2D eigenvalue weighted by Gasteiger charge is -1.97. The van der Waals surface area contributed by atoms with Crippen LogP contribution in [0, 0.1) is 6.92 Å². The van der Waals surface area contributed by atoms with Crippen LogP contribution in [-0.2, 0) is 0 Å². The molecule has 0 aliphatic rings. The first-order valence-corrected chi connectivity index (χ1v) is 3.77. The predicted octanol–water partition coefficient (Wildman–Crippen LogP) is 1.85. The second-order valence-corrected chi connectivity index (χ2v) is 2.94. The molecule has 0 aliphatic carbocycles. The van der Waals surface area contributed by atoms with Crippen LogP contribution in [0.25, 0.3) is 0 Å². The summed E-state index contributed by atoms with van der Waals surface area (Å²) in [6, 6.07) is 3.42. The van der Waals surface area contributed by atoms with Crippen molar-refractivity contribution in [3.05, 3.63) is 28.0 Å². The zero-order valence-corrected chi connectivity index (χ0v) is 7.42. The van der Waals surface area contributed by atoms with Crippen LogP contribution in [0.5, 0.6) is 0 Å². The van der Waals surface area contributed by atoms with E-state index in [1.165, 1.54) is 0 Å². The molecule has 1 aromatic heterocycles. The summed E-state index contributed by atoms with van der Waals surface area (Å²) in [7, 11) is 0. The van der Waals surface area contributed by atoms with Crippen molar-refractivity contribution >= 4 is 21.9 Å². The Morgan fingerprint density at radius 1 is 1.64 bits per heavy atom. The Labute approximate surface area is 72.2 Å². The van der Waals surface area contributed by atoms with Crippen molar-refractivity contribution in [3.8, 4) is 0 Å². The van der Waals surface area contributed by atoms with Crippen LogP contribution in [-0.4, -0.2) is 16.1 Å². The topological polar surface area (TPSA) is 50.2 Å². The molecule has 0 atom stereocenters. The monoisotopic (exact) mass is 215 g/mol. The van der Waals surface area contributed by atoms with E-state index in [1.54, 1.807) is 19.1 Å². The third kappa shape index (κ3) is 1.77. The number of aryl methyl sites for hydroxylation is 1. The first-order chi connectivity index (χ1) is 5.11. The second kappa shape index (κ2) is 3.00. The number of aromatic carboxylic acids is 1. The van der Waals surface area contributed by atoms with Gasteiger partial charge in [-0.3, -0.25) is 0 Å². The van der Waals surface area contributed by atoms with Crippen molar-refractivity contribution in [1.29, 1.82) is 0 Å². The lowest BCUT2D eigenvalue weighted by Crippen LogP contribution is -2.02. The fraction of sp³-hybridized carbons (Fsp3) is 0.143. The van der Waals surface area contributed by atoms with Gasteiger partial charge in [-0.2, -0.15) is 0 Å². The molecular formula is C7H6BrNO2. The van der Waals surface area contributed by atoms with E-state index in [-0.39, 0.29) is 5.69 Å². The summed E-state index contributed by atoms with van der Waals surface area (Å²) < 4.78 is 0.510. The first kappa shape index (κ1) is 8.20. The number of hydrogen-bond acceptors (Lipinski definition) is 2. The van der Waals surface area contributed by atoms with Crippen molar-refractivity contribution in [2.45, 2.75) is 6.92 Å². The van der Waals surface area contributed by atoms with E-state index < -0.39 is 5.97 Å². The number of aromatic nitrogens is 1. The Hall–Kier alpha value is -0.900. The average molecular weight is 216 g/mol. The smallest absolute Gasteiger partial charge is 0.355 e. The van der Waals surface area contributed by atoms with Gasteiger partial charge in [-0.1, -0.05) is 0 Å². The van der Waals surface area contributed by atoms with E-state index in [0.29, 0.717) is 10.2 Å². The lowest BCUT2D eigenvalue weighted by molar-refractivity contribution is 0.0689. The molecule has 1 rings (SSSR count). The van der Waals surface area contributed by atoms with Crippen molar-refractivity contribution in [2.75, 3.05) is 0 Å². The van der Waals surface area contributed by atoms with Crippen molar-refractivity contribution < 1.29 is 9.90 Å². The standard InChI is InChI=1S/C7H6BrNO2/c1-4-2-3-5(8)6(9-4)7(10)11/h2-3H,1H3,(H,10,11). The SMILES string of the molecule is Cc1ccc(Br)c(C(=O)O)n1. The molecule has 0 saturated heterocycles. The van der Waals surface area contributed by atoms with E-state index in [1.807, 2.05) is 0 Å². The van der Waals surface area contributed by atoms with Crippen molar-refractivity contribution in [1.82, 2.24) is 4.98 Å². The van der Waals surface area contributed by atoms with Crippen LogP contribution in [0.2, 0.25) is 0 Å². The maximum absolute atomic E-state index is 10.5. The molecule has 0 fully saturated rings. The van der Waals surface area contributed by atoms with Gasteiger partial charge in [0.25, 0.3) is 0 Å². The van der Waals surface area contributed by atoms with Gasteiger partial charge in [0, 0.05) is 5.69 Å². The third-order valence-corrected chi connectivity index (χ3v) is 1.83. The van der Waals surface area contributed by atoms with Crippen LogP contribution >= 0.6 is 15.9 Å². The van der Waals surface area contributed by atoms with E-state index in [0.717, 1.165) is 0 Å². The Bertz CT molecular complexity index is 298. The molecule has 58 valence electrons. The molecule has 0 amide bonds. The summed E-state index contributed by atoms with van der Waals surface area (Å²) in [6.45, 7) is 1.75. The van der Waals surface area contributed by atoms with Crippen LogP contribution < -0.4 is 0 Å². The summed E-state index contributed by atoms with van der Waals surface area (Å²) in [6.07, 6.45) is 0. The highest BCUT2D eigenvalue weighted by Gasteiger charge is 2.08. The normalized spacial score (nSPS) is 9.64. The number of carboxylic acid groups (broad SMARTS) is 1. The van der Waals surface area contributed by atoms with Crippen LogP contribution in [0.4, 0.5) is 0 Å². The van der Waals surface area contributed by atoms with Gasteiger partial charge in [-0.15, -0.1) is 0 Å². The molecule has 1 heterocycles. The minimum Gasteiger partial charge on any atom is -0.476 e. The largest absolute Gasteiger partial charge is 0.476 e. The Kier molecular flexibility index (Phi) is 2.24. The van der Waals surface area contributed by atoms with Crippen LogP contribution in [0.3, 0.4) is 0 Å². The second-order valence-electron chi connectivity index (χ2n) is 2.09.